The maximum atomic E-state index is 12.4. The second-order valence-corrected chi connectivity index (χ2v) is 5.43. The summed E-state index contributed by atoms with van der Waals surface area (Å²) in [4.78, 5) is 36.7. The Labute approximate surface area is 137 Å². The summed E-state index contributed by atoms with van der Waals surface area (Å²) in [6.07, 6.45) is 2.18. The molecule has 1 aromatic heterocycles. The Morgan fingerprint density at radius 3 is 2.50 bits per heavy atom. The van der Waals surface area contributed by atoms with E-state index < -0.39 is 17.5 Å². The zero-order valence-corrected chi connectivity index (χ0v) is 13.5. The van der Waals surface area contributed by atoms with Gasteiger partial charge >= 0.3 is 5.97 Å². The van der Waals surface area contributed by atoms with Crippen LogP contribution in [0.3, 0.4) is 0 Å². The number of ether oxygens (including phenoxy) is 1. The normalized spacial score (nSPS) is 14.6. The average Bonchev–Trinajstić information content (AvgIpc) is 2.92. The van der Waals surface area contributed by atoms with Gasteiger partial charge in [0, 0.05) is 0 Å². The predicted molar refractivity (Wildman–Crippen MR) is 86.0 cm³/mol. The molecule has 0 fully saturated rings. The number of esters is 1. The lowest BCUT2D eigenvalue weighted by atomic mass is 9.99. The number of aromatic nitrogens is 3. The van der Waals surface area contributed by atoms with E-state index in [-0.39, 0.29) is 17.9 Å². The quantitative estimate of drug-likeness (QED) is 0.483. The van der Waals surface area contributed by atoms with Gasteiger partial charge in [-0.05, 0) is 56.2 Å². The van der Waals surface area contributed by atoms with Crippen LogP contribution in [0.4, 0.5) is 0 Å². The lowest BCUT2D eigenvalue weighted by Gasteiger charge is -2.14. The molecule has 24 heavy (non-hydrogen) atoms. The van der Waals surface area contributed by atoms with E-state index in [0.29, 0.717) is 11.0 Å². The van der Waals surface area contributed by atoms with Crippen LogP contribution in [0.25, 0.3) is 16.7 Å². The number of benzene rings is 1. The molecule has 0 saturated heterocycles. The summed E-state index contributed by atoms with van der Waals surface area (Å²) in [7, 11) is 0. The van der Waals surface area contributed by atoms with Crippen LogP contribution < -0.4 is 0 Å². The van der Waals surface area contributed by atoms with Crippen molar-refractivity contribution >= 4 is 34.3 Å². The molecule has 1 heterocycles. The third kappa shape index (κ3) is 2.44. The number of allylic oxidation sites excluding steroid dienone is 3. The molecular weight excluding hydrogens is 310 g/mol. The Hall–Kier alpha value is -3.09. The fourth-order valence-corrected chi connectivity index (χ4v) is 2.51. The van der Waals surface area contributed by atoms with Crippen molar-refractivity contribution in [2.75, 3.05) is 6.61 Å². The lowest BCUT2D eigenvalue weighted by Crippen LogP contribution is -2.25. The first-order chi connectivity index (χ1) is 11.4. The maximum Gasteiger partial charge on any atom is 0.344 e. The summed E-state index contributed by atoms with van der Waals surface area (Å²) in [5.74, 6) is -1.93. The molecule has 0 atom stereocenters. The molecule has 0 unspecified atom stereocenters. The van der Waals surface area contributed by atoms with E-state index in [1.54, 1.807) is 6.92 Å². The zero-order chi connectivity index (χ0) is 17.4. The summed E-state index contributed by atoms with van der Waals surface area (Å²) in [5, 5.41) is 8.01. The molecule has 0 saturated carbocycles. The summed E-state index contributed by atoms with van der Waals surface area (Å²) < 4.78 is 6.15. The fourth-order valence-electron chi connectivity index (χ4n) is 2.51. The minimum Gasteiger partial charge on any atom is -0.462 e. The predicted octanol–water partition coefficient (Wildman–Crippen LogP) is 1.53. The van der Waals surface area contributed by atoms with E-state index in [1.807, 2.05) is 26.0 Å². The number of rotatable bonds is 3. The number of ketones is 2. The van der Waals surface area contributed by atoms with E-state index in [4.69, 9.17) is 4.74 Å². The van der Waals surface area contributed by atoms with E-state index in [2.05, 4.69) is 10.3 Å². The van der Waals surface area contributed by atoms with Gasteiger partial charge in [0.05, 0.1) is 12.1 Å². The van der Waals surface area contributed by atoms with Crippen molar-refractivity contribution in [1.82, 2.24) is 15.0 Å². The van der Waals surface area contributed by atoms with Gasteiger partial charge in [-0.25, -0.2) is 9.48 Å². The molecule has 3 rings (SSSR count). The largest absolute Gasteiger partial charge is 0.462 e. The van der Waals surface area contributed by atoms with Gasteiger partial charge in [0.15, 0.2) is 5.78 Å². The lowest BCUT2D eigenvalue weighted by molar-refractivity contribution is -0.139. The highest BCUT2D eigenvalue weighted by Gasteiger charge is 2.32. The van der Waals surface area contributed by atoms with Crippen molar-refractivity contribution in [2.24, 2.45) is 0 Å². The number of nitrogens with zero attached hydrogens (tertiary/aromatic N) is 3. The number of carbonyl (C=O) groups excluding carboxylic acids is 3. The number of carbonyl (C=O) groups is 3. The standard InChI is InChI=1S/C17H15N3O4/c1-4-24-17(23)15-13(21)5-6-14(22)16(15)20-12-8-10(3)9(2)7-11(12)18-19-20/h5-8H,4H2,1-3H3. The number of hydrogen-bond acceptors (Lipinski definition) is 6. The molecule has 0 N–H and O–H groups in total. The Morgan fingerprint density at radius 2 is 1.79 bits per heavy atom. The minimum atomic E-state index is -0.845. The Bertz CT molecular complexity index is 950. The molecule has 0 aliphatic heterocycles. The average molecular weight is 325 g/mol. The molecule has 1 aliphatic carbocycles. The van der Waals surface area contributed by atoms with Gasteiger partial charge in [0.25, 0.3) is 0 Å². The van der Waals surface area contributed by atoms with Gasteiger partial charge in [-0.3, -0.25) is 9.59 Å². The molecular formula is C17H15N3O4. The second kappa shape index (κ2) is 5.84. The van der Waals surface area contributed by atoms with Crippen LogP contribution in [0.2, 0.25) is 0 Å². The molecule has 122 valence electrons. The molecule has 7 heteroatoms. The SMILES string of the molecule is CCOC(=O)C1=C(n2nnc3cc(C)c(C)cc32)C(=O)C=CC1=O. The van der Waals surface area contributed by atoms with Crippen molar-refractivity contribution in [3.63, 3.8) is 0 Å². The molecule has 1 aliphatic rings. The van der Waals surface area contributed by atoms with Crippen LogP contribution >= 0.6 is 0 Å². The van der Waals surface area contributed by atoms with Crippen LogP contribution in [0, 0.1) is 13.8 Å². The van der Waals surface area contributed by atoms with E-state index in [1.165, 1.54) is 4.68 Å². The van der Waals surface area contributed by atoms with Crippen LogP contribution in [0.15, 0.2) is 29.9 Å². The summed E-state index contributed by atoms with van der Waals surface area (Å²) >= 11 is 0. The third-order valence-corrected chi connectivity index (χ3v) is 3.86. The Morgan fingerprint density at radius 1 is 1.12 bits per heavy atom. The number of hydrogen-bond donors (Lipinski definition) is 0. The second-order valence-electron chi connectivity index (χ2n) is 5.43. The monoisotopic (exact) mass is 325 g/mol. The van der Waals surface area contributed by atoms with Crippen molar-refractivity contribution in [1.29, 1.82) is 0 Å². The highest BCUT2D eigenvalue weighted by atomic mass is 16.5. The van der Waals surface area contributed by atoms with Crippen molar-refractivity contribution < 1.29 is 19.1 Å². The van der Waals surface area contributed by atoms with Crippen LogP contribution in [0.5, 0.6) is 0 Å². The first kappa shape index (κ1) is 15.8. The first-order valence-corrected chi connectivity index (χ1v) is 7.45. The third-order valence-electron chi connectivity index (χ3n) is 3.86. The fraction of sp³-hybridized carbons (Fsp3) is 0.235. The van der Waals surface area contributed by atoms with Crippen molar-refractivity contribution in [2.45, 2.75) is 20.8 Å². The van der Waals surface area contributed by atoms with Crippen LogP contribution in [-0.2, 0) is 19.1 Å². The van der Waals surface area contributed by atoms with Gasteiger partial charge in [-0.1, -0.05) is 5.21 Å². The van der Waals surface area contributed by atoms with E-state index in [9.17, 15) is 14.4 Å². The topological polar surface area (TPSA) is 91.2 Å². The summed E-state index contributed by atoms with van der Waals surface area (Å²) in [6.45, 7) is 5.58. The Kier molecular flexibility index (Phi) is 3.84. The van der Waals surface area contributed by atoms with Gasteiger partial charge in [-0.15, -0.1) is 5.10 Å². The van der Waals surface area contributed by atoms with Crippen molar-refractivity contribution in [3.05, 3.63) is 41.0 Å². The molecule has 0 radical (unpaired) electrons. The van der Waals surface area contributed by atoms with Gasteiger partial charge < -0.3 is 4.74 Å². The highest BCUT2D eigenvalue weighted by molar-refractivity contribution is 6.40. The van der Waals surface area contributed by atoms with Gasteiger partial charge in [-0.2, -0.15) is 0 Å². The summed E-state index contributed by atoms with van der Waals surface area (Å²) in [5.41, 5.74) is 2.67. The Balaban J connectivity index is 2.29. The van der Waals surface area contributed by atoms with Crippen molar-refractivity contribution in [3.8, 4) is 0 Å². The van der Waals surface area contributed by atoms with Crippen LogP contribution in [-0.4, -0.2) is 39.1 Å². The first-order valence-electron chi connectivity index (χ1n) is 7.45. The molecule has 0 spiro atoms. The van der Waals surface area contributed by atoms with Gasteiger partial charge in [0.1, 0.15) is 16.8 Å². The molecule has 2 aromatic rings. The number of fused-ring (bicyclic) bond motifs is 1. The minimum absolute atomic E-state index is 0.0945. The molecule has 7 nitrogen and oxygen atoms in total. The molecule has 0 bridgehead atoms. The smallest absolute Gasteiger partial charge is 0.344 e. The molecule has 1 aromatic carbocycles. The van der Waals surface area contributed by atoms with Gasteiger partial charge in [0.2, 0.25) is 5.78 Å². The highest BCUT2D eigenvalue weighted by Crippen LogP contribution is 2.25. The zero-order valence-electron chi connectivity index (χ0n) is 13.5. The summed E-state index contributed by atoms with van der Waals surface area (Å²) in [6, 6.07) is 3.65. The van der Waals surface area contributed by atoms with E-state index >= 15 is 0 Å². The van der Waals surface area contributed by atoms with E-state index in [0.717, 1.165) is 23.3 Å². The molecule has 0 amide bonds. The maximum absolute atomic E-state index is 12.4. The number of aryl methyl sites for hydroxylation is 2. The van der Waals surface area contributed by atoms with Crippen LogP contribution in [0.1, 0.15) is 18.1 Å².